The van der Waals surface area contributed by atoms with Gasteiger partial charge in [-0.1, -0.05) is 13.8 Å². The molecule has 0 aromatic carbocycles. The molecule has 0 aliphatic carbocycles. The van der Waals surface area contributed by atoms with E-state index in [-0.39, 0.29) is 5.83 Å². The SMILES string of the molecule is CC/C(F)=C(CC)/N=C(\NC)OCCCN1CCNCC1. The maximum atomic E-state index is 13.6. The van der Waals surface area contributed by atoms with Crippen LogP contribution < -0.4 is 10.6 Å². The van der Waals surface area contributed by atoms with Crippen LogP contribution in [0.5, 0.6) is 0 Å². The normalized spacial score (nSPS) is 18.4. The van der Waals surface area contributed by atoms with Crippen molar-refractivity contribution in [2.45, 2.75) is 33.1 Å². The van der Waals surface area contributed by atoms with Crippen molar-refractivity contribution in [3.05, 3.63) is 11.5 Å². The summed E-state index contributed by atoms with van der Waals surface area (Å²) >= 11 is 0. The second kappa shape index (κ2) is 10.6. The number of piperazine rings is 1. The predicted molar refractivity (Wildman–Crippen MR) is 85.1 cm³/mol. The quantitative estimate of drug-likeness (QED) is 0.428. The molecule has 0 atom stereocenters. The number of ether oxygens (including phenoxy) is 1. The van der Waals surface area contributed by atoms with Crippen LogP contribution in [-0.2, 0) is 4.74 Å². The highest BCUT2D eigenvalue weighted by Gasteiger charge is 2.09. The van der Waals surface area contributed by atoms with Gasteiger partial charge in [-0.25, -0.2) is 4.39 Å². The average molecular weight is 300 g/mol. The lowest BCUT2D eigenvalue weighted by Gasteiger charge is -2.26. The number of aliphatic imine (C=N–C) groups is 1. The number of halogens is 1. The molecule has 5 nitrogen and oxygen atoms in total. The van der Waals surface area contributed by atoms with E-state index in [0.717, 1.165) is 39.1 Å². The van der Waals surface area contributed by atoms with Gasteiger partial charge in [0.2, 0.25) is 0 Å². The fraction of sp³-hybridized carbons (Fsp3) is 0.800. The van der Waals surface area contributed by atoms with Crippen LogP contribution in [0, 0.1) is 0 Å². The van der Waals surface area contributed by atoms with E-state index in [1.165, 1.54) is 0 Å². The van der Waals surface area contributed by atoms with Crippen molar-refractivity contribution >= 4 is 6.02 Å². The molecular formula is C15H29FN4O. The third kappa shape index (κ3) is 6.91. The molecule has 122 valence electrons. The Balaban J connectivity index is 2.36. The fourth-order valence-corrected chi connectivity index (χ4v) is 2.21. The van der Waals surface area contributed by atoms with E-state index in [0.29, 0.717) is 31.2 Å². The summed E-state index contributed by atoms with van der Waals surface area (Å²) in [7, 11) is 1.74. The van der Waals surface area contributed by atoms with Gasteiger partial charge < -0.3 is 20.3 Å². The van der Waals surface area contributed by atoms with Crippen LogP contribution in [-0.4, -0.2) is 57.3 Å². The molecule has 0 radical (unpaired) electrons. The summed E-state index contributed by atoms with van der Waals surface area (Å²) in [5.74, 6) is -0.172. The van der Waals surface area contributed by atoms with Gasteiger partial charge in [0.15, 0.2) is 0 Å². The summed E-state index contributed by atoms with van der Waals surface area (Å²) in [6.45, 7) is 9.61. The van der Waals surface area contributed by atoms with Gasteiger partial charge in [-0.3, -0.25) is 0 Å². The standard InChI is InChI=1S/C15H29FN4O/c1-4-13(16)14(5-2)19-15(17-3)21-12-6-9-20-10-7-18-8-11-20/h18H,4-12H2,1-3H3,(H,17,19)/b14-13-. The first-order chi connectivity index (χ1) is 10.2. The second-order valence-corrected chi connectivity index (χ2v) is 5.02. The molecule has 0 saturated carbocycles. The zero-order valence-corrected chi connectivity index (χ0v) is 13.5. The highest BCUT2D eigenvalue weighted by molar-refractivity contribution is 5.74. The molecule has 2 N–H and O–H groups in total. The number of hydrogen-bond donors (Lipinski definition) is 2. The van der Waals surface area contributed by atoms with Crippen LogP contribution in [0.3, 0.4) is 0 Å². The first kappa shape index (κ1) is 17.9. The predicted octanol–water partition coefficient (Wildman–Crippen LogP) is 1.87. The lowest BCUT2D eigenvalue weighted by atomic mass is 10.3. The Morgan fingerprint density at radius 2 is 2.00 bits per heavy atom. The van der Waals surface area contributed by atoms with Gasteiger partial charge in [-0.15, -0.1) is 0 Å². The van der Waals surface area contributed by atoms with Crippen LogP contribution in [0.25, 0.3) is 0 Å². The monoisotopic (exact) mass is 300 g/mol. The smallest absolute Gasteiger partial charge is 0.289 e. The lowest BCUT2D eigenvalue weighted by molar-refractivity contribution is 0.207. The van der Waals surface area contributed by atoms with Gasteiger partial charge in [0, 0.05) is 39.8 Å². The summed E-state index contributed by atoms with van der Waals surface area (Å²) in [5, 5.41) is 6.22. The summed E-state index contributed by atoms with van der Waals surface area (Å²) in [5.41, 5.74) is 0.462. The number of nitrogens with zero attached hydrogens (tertiary/aromatic N) is 2. The molecule has 0 aromatic rings. The molecule has 1 aliphatic heterocycles. The van der Waals surface area contributed by atoms with Gasteiger partial charge in [0.25, 0.3) is 6.02 Å². The topological polar surface area (TPSA) is 48.9 Å². The summed E-state index contributed by atoms with van der Waals surface area (Å²) in [4.78, 5) is 6.65. The van der Waals surface area contributed by atoms with Gasteiger partial charge in [0.1, 0.15) is 5.83 Å². The minimum atomic E-state index is -0.172. The molecule has 1 fully saturated rings. The molecule has 1 rings (SSSR count). The molecular weight excluding hydrogens is 271 g/mol. The van der Waals surface area contributed by atoms with Gasteiger partial charge >= 0.3 is 0 Å². The third-order valence-corrected chi connectivity index (χ3v) is 3.48. The van der Waals surface area contributed by atoms with E-state index in [1.54, 1.807) is 14.0 Å². The number of amidine groups is 1. The van der Waals surface area contributed by atoms with Crippen molar-refractivity contribution in [2.24, 2.45) is 4.99 Å². The maximum absolute atomic E-state index is 13.6. The Morgan fingerprint density at radius 1 is 1.29 bits per heavy atom. The highest BCUT2D eigenvalue weighted by atomic mass is 19.1. The average Bonchev–Trinajstić information content (AvgIpc) is 2.54. The molecule has 0 aromatic heterocycles. The summed E-state index contributed by atoms with van der Waals surface area (Å²) in [6.07, 6.45) is 1.88. The summed E-state index contributed by atoms with van der Waals surface area (Å²) < 4.78 is 19.2. The van der Waals surface area contributed by atoms with E-state index in [4.69, 9.17) is 4.74 Å². The van der Waals surface area contributed by atoms with Crippen molar-refractivity contribution in [3.8, 4) is 0 Å². The van der Waals surface area contributed by atoms with Crippen LogP contribution >= 0.6 is 0 Å². The zero-order valence-electron chi connectivity index (χ0n) is 13.5. The Bertz CT molecular complexity index is 352. The van der Waals surface area contributed by atoms with Crippen molar-refractivity contribution in [1.82, 2.24) is 15.5 Å². The Morgan fingerprint density at radius 3 is 2.57 bits per heavy atom. The van der Waals surface area contributed by atoms with Crippen molar-refractivity contribution in [1.29, 1.82) is 0 Å². The number of nitrogens with one attached hydrogen (secondary N) is 2. The molecule has 21 heavy (non-hydrogen) atoms. The molecule has 6 heteroatoms. The minimum absolute atomic E-state index is 0.172. The van der Waals surface area contributed by atoms with Crippen molar-refractivity contribution in [3.63, 3.8) is 0 Å². The van der Waals surface area contributed by atoms with E-state index in [2.05, 4.69) is 20.5 Å². The van der Waals surface area contributed by atoms with Gasteiger partial charge in [0.05, 0.1) is 12.3 Å². The maximum Gasteiger partial charge on any atom is 0.289 e. The molecule has 0 unspecified atom stereocenters. The molecule has 1 saturated heterocycles. The highest BCUT2D eigenvalue weighted by Crippen LogP contribution is 2.15. The van der Waals surface area contributed by atoms with Crippen LogP contribution in [0.4, 0.5) is 4.39 Å². The summed E-state index contributed by atoms with van der Waals surface area (Å²) in [6, 6.07) is 0.399. The Hall–Kier alpha value is -1.14. The van der Waals surface area contributed by atoms with Gasteiger partial charge in [-0.05, 0) is 19.3 Å². The number of allylic oxidation sites excluding steroid dienone is 2. The second-order valence-electron chi connectivity index (χ2n) is 5.02. The van der Waals surface area contributed by atoms with Crippen LogP contribution in [0.1, 0.15) is 33.1 Å². The lowest BCUT2D eigenvalue weighted by Crippen LogP contribution is -2.44. The van der Waals surface area contributed by atoms with E-state index < -0.39 is 0 Å². The minimum Gasteiger partial charge on any atom is -0.465 e. The van der Waals surface area contributed by atoms with E-state index in [1.807, 2.05) is 6.92 Å². The molecule has 1 aliphatic rings. The van der Waals surface area contributed by atoms with Crippen molar-refractivity contribution < 1.29 is 9.13 Å². The van der Waals surface area contributed by atoms with E-state index >= 15 is 0 Å². The molecule has 0 bridgehead atoms. The first-order valence-corrected chi connectivity index (χ1v) is 7.91. The van der Waals surface area contributed by atoms with E-state index in [9.17, 15) is 4.39 Å². The zero-order chi connectivity index (χ0) is 15.5. The number of hydrogen-bond acceptors (Lipinski definition) is 4. The van der Waals surface area contributed by atoms with Crippen LogP contribution in [0.15, 0.2) is 16.5 Å². The molecule has 0 spiro atoms. The largest absolute Gasteiger partial charge is 0.465 e. The van der Waals surface area contributed by atoms with Crippen molar-refractivity contribution in [2.75, 3.05) is 46.4 Å². The number of rotatable bonds is 7. The fourth-order valence-electron chi connectivity index (χ4n) is 2.21. The Labute approximate surface area is 127 Å². The molecule has 1 heterocycles. The van der Waals surface area contributed by atoms with Gasteiger partial charge in [-0.2, -0.15) is 4.99 Å². The van der Waals surface area contributed by atoms with Crippen LogP contribution in [0.2, 0.25) is 0 Å². The first-order valence-electron chi connectivity index (χ1n) is 7.91. The Kier molecular flexibility index (Phi) is 9.01. The third-order valence-electron chi connectivity index (χ3n) is 3.48. The molecule has 0 amide bonds.